The molecule has 88 valence electrons. The van der Waals surface area contributed by atoms with Crippen molar-refractivity contribution in [2.75, 3.05) is 5.32 Å². The van der Waals surface area contributed by atoms with Crippen LogP contribution in [0.4, 0.5) is 5.82 Å². The maximum absolute atomic E-state index is 11.7. The van der Waals surface area contributed by atoms with Crippen molar-refractivity contribution < 1.29 is 4.79 Å². The van der Waals surface area contributed by atoms with Crippen LogP contribution in [0.1, 0.15) is 41.4 Å². The molecule has 3 N–H and O–H groups in total. The molecule has 0 aliphatic heterocycles. The summed E-state index contributed by atoms with van der Waals surface area (Å²) >= 11 is 0. The summed E-state index contributed by atoms with van der Waals surface area (Å²) in [6, 6.07) is 5.45. The van der Waals surface area contributed by atoms with Crippen molar-refractivity contribution >= 4 is 11.7 Å². The normalized spacial score (nSPS) is 15.5. The summed E-state index contributed by atoms with van der Waals surface area (Å²) in [5.41, 5.74) is 1.60. The molecule has 1 fully saturated rings. The Morgan fingerprint density at radius 2 is 2.35 bits per heavy atom. The Kier molecular flexibility index (Phi) is 2.44. The summed E-state index contributed by atoms with van der Waals surface area (Å²) in [6.45, 7) is 0. The molecule has 0 bridgehead atoms. The van der Waals surface area contributed by atoms with Gasteiger partial charge in [0.1, 0.15) is 11.5 Å². The third-order valence-electron chi connectivity index (χ3n) is 3.21. The average molecular weight is 230 g/mol. The van der Waals surface area contributed by atoms with Gasteiger partial charge in [0.05, 0.1) is 5.69 Å². The lowest BCUT2D eigenvalue weighted by atomic mass is 9.83. The lowest BCUT2D eigenvalue weighted by Crippen LogP contribution is -2.12. The van der Waals surface area contributed by atoms with Crippen molar-refractivity contribution in [1.29, 1.82) is 0 Å². The van der Waals surface area contributed by atoms with Crippen LogP contribution in [0.3, 0.4) is 0 Å². The fourth-order valence-corrected chi connectivity index (χ4v) is 1.98. The van der Waals surface area contributed by atoms with Crippen LogP contribution < -0.4 is 5.32 Å². The quantitative estimate of drug-likeness (QED) is 0.756. The number of nitrogens with one attached hydrogen (secondary N) is 3. The molecule has 0 saturated heterocycles. The van der Waals surface area contributed by atoms with Crippen molar-refractivity contribution in [1.82, 2.24) is 15.2 Å². The molecule has 0 unspecified atom stereocenters. The van der Waals surface area contributed by atoms with Gasteiger partial charge in [0.2, 0.25) is 0 Å². The molecule has 5 heteroatoms. The Morgan fingerprint density at radius 3 is 3.00 bits per heavy atom. The molecule has 17 heavy (non-hydrogen) atoms. The fraction of sp³-hybridized carbons (Fsp3) is 0.333. The Morgan fingerprint density at radius 1 is 1.47 bits per heavy atom. The van der Waals surface area contributed by atoms with E-state index in [-0.39, 0.29) is 5.91 Å². The van der Waals surface area contributed by atoms with Crippen LogP contribution in [0.15, 0.2) is 24.4 Å². The lowest BCUT2D eigenvalue weighted by Gasteiger charge is -2.22. The van der Waals surface area contributed by atoms with Gasteiger partial charge in [0, 0.05) is 18.2 Å². The molecule has 0 spiro atoms. The molecule has 1 aliphatic rings. The highest BCUT2D eigenvalue weighted by Gasteiger charge is 2.22. The van der Waals surface area contributed by atoms with E-state index in [4.69, 9.17) is 0 Å². The van der Waals surface area contributed by atoms with Crippen LogP contribution in [0.2, 0.25) is 0 Å². The average Bonchev–Trinajstić information content (AvgIpc) is 2.85. The van der Waals surface area contributed by atoms with E-state index in [0.29, 0.717) is 17.4 Å². The zero-order valence-corrected chi connectivity index (χ0v) is 9.36. The van der Waals surface area contributed by atoms with Crippen LogP contribution >= 0.6 is 0 Å². The largest absolute Gasteiger partial charge is 0.357 e. The van der Waals surface area contributed by atoms with Crippen LogP contribution in [-0.4, -0.2) is 21.1 Å². The first-order chi connectivity index (χ1) is 8.33. The second-order valence-corrected chi connectivity index (χ2v) is 4.37. The van der Waals surface area contributed by atoms with Crippen LogP contribution in [0.5, 0.6) is 0 Å². The molecule has 1 saturated carbocycles. The number of amides is 1. The second kappa shape index (κ2) is 4.08. The van der Waals surface area contributed by atoms with Crippen molar-refractivity contribution in [3.8, 4) is 0 Å². The van der Waals surface area contributed by atoms with E-state index in [1.54, 1.807) is 18.3 Å². The zero-order valence-electron chi connectivity index (χ0n) is 9.36. The molecule has 1 aliphatic carbocycles. The number of hydrogen-bond donors (Lipinski definition) is 3. The highest BCUT2D eigenvalue weighted by Crippen LogP contribution is 2.35. The number of anilines is 1. The molecule has 3 rings (SSSR count). The molecule has 2 aromatic rings. The molecule has 0 radical (unpaired) electrons. The van der Waals surface area contributed by atoms with Gasteiger partial charge in [-0.05, 0) is 25.0 Å². The highest BCUT2D eigenvalue weighted by atomic mass is 16.1. The molecule has 5 nitrogen and oxygen atoms in total. The number of carbonyl (C=O) groups excluding carboxylic acids is 1. The standard InChI is InChI=1S/C12H14N4O/c17-12(9-5-2-6-13-9)14-11-7-10(15-16-11)8-3-1-4-8/h2,5-8,13H,1,3-4H2,(H2,14,15,16,17). The van der Waals surface area contributed by atoms with E-state index in [2.05, 4.69) is 20.5 Å². The van der Waals surface area contributed by atoms with E-state index in [1.165, 1.54) is 19.3 Å². The second-order valence-electron chi connectivity index (χ2n) is 4.37. The van der Waals surface area contributed by atoms with Crippen molar-refractivity contribution in [2.45, 2.75) is 25.2 Å². The smallest absolute Gasteiger partial charge is 0.273 e. The SMILES string of the molecule is O=C(Nc1cc(C2CCC2)n[nH]1)c1ccc[nH]1. The van der Waals surface area contributed by atoms with Crippen LogP contribution in [0.25, 0.3) is 0 Å². The maximum Gasteiger partial charge on any atom is 0.273 e. The Bertz CT molecular complexity index is 510. The third-order valence-corrected chi connectivity index (χ3v) is 3.21. The maximum atomic E-state index is 11.7. The van der Waals surface area contributed by atoms with Gasteiger partial charge in [0.25, 0.3) is 5.91 Å². The minimum absolute atomic E-state index is 0.154. The van der Waals surface area contributed by atoms with Gasteiger partial charge in [0.15, 0.2) is 0 Å². The number of aromatic nitrogens is 3. The number of carbonyl (C=O) groups is 1. The Hall–Kier alpha value is -2.04. The van der Waals surface area contributed by atoms with E-state index in [9.17, 15) is 4.79 Å². The van der Waals surface area contributed by atoms with Gasteiger partial charge >= 0.3 is 0 Å². The summed E-state index contributed by atoms with van der Waals surface area (Å²) < 4.78 is 0. The predicted molar refractivity (Wildman–Crippen MR) is 63.9 cm³/mol. The first-order valence-electron chi connectivity index (χ1n) is 5.83. The van der Waals surface area contributed by atoms with Crippen LogP contribution in [-0.2, 0) is 0 Å². The first kappa shape index (κ1) is 10.1. The van der Waals surface area contributed by atoms with Gasteiger partial charge in [-0.2, -0.15) is 5.10 Å². The zero-order chi connectivity index (χ0) is 11.7. The molecule has 2 heterocycles. The summed E-state index contributed by atoms with van der Waals surface area (Å²) in [4.78, 5) is 14.6. The summed E-state index contributed by atoms with van der Waals surface area (Å²) in [7, 11) is 0. The first-order valence-corrected chi connectivity index (χ1v) is 5.83. The van der Waals surface area contributed by atoms with Gasteiger partial charge in [-0.15, -0.1) is 0 Å². The molecule has 2 aromatic heterocycles. The number of hydrogen-bond acceptors (Lipinski definition) is 2. The lowest BCUT2D eigenvalue weighted by molar-refractivity contribution is 0.102. The number of H-pyrrole nitrogens is 2. The van der Waals surface area contributed by atoms with Crippen molar-refractivity contribution in [3.05, 3.63) is 35.8 Å². The predicted octanol–water partition coefficient (Wildman–Crippen LogP) is 2.26. The van der Waals surface area contributed by atoms with Gasteiger partial charge < -0.3 is 10.3 Å². The number of nitrogens with zero attached hydrogens (tertiary/aromatic N) is 1. The highest BCUT2D eigenvalue weighted by molar-refractivity contribution is 6.02. The van der Waals surface area contributed by atoms with Crippen LogP contribution in [0, 0.1) is 0 Å². The van der Waals surface area contributed by atoms with E-state index in [0.717, 1.165) is 5.69 Å². The Balaban J connectivity index is 1.68. The van der Waals surface area contributed by atoms with E-state index in [1.807, 2.05) is 6.07 Å². The Labute approximate surface area is 98.6 Å². The third kappa shape index (κ3) is 1.95. The molecular weight excluding hydrogens is 216 g/mol. The molecule has 1 amide bonds. The van der Waals surface area contributed by atoms with E-state index < -0.39 is 0 Å². The van der Waals surface area contributed by atoms with Gasteiger partial charge in [-0.25, -0.2) is 0 Å². The summed E-state index contributed by atoms with van der Waals surface area (Å²) in [5, 5.41) is 9.85. The van der Waals surface area contributed by atoms with Gasteiger partial charge in [-0.3, -0.25) is 9.89 Å². The summed E-state index contributed by atoms with van der Waals surface area (Å²) in [5.74, 6) is 1.08. The minimum atomic E-state index is -0.154. The fourth-order valence-electron chi connectivity index (χ4n) is 1.98. The topological polar surface area (TPSA) is 73.6 Å². The molecular formula is C12H14N4O. The molecule has 0 atom stereocenters. The van der Waals surface area contributed by atoms with Crippen molar-refractivity contribution in [2.24, 2.45) is 0 Å². The monoisotopic (exact) mass is 230 g/mol. The number of aromatic amines is 2. The molecule has 0 aromatic carbocycles. The van der Waals surface area contributed by atoms with E-state index >= 15 is 0 Å². The summed E-state index contributed by atoms with van der Waals surface area (Å²) in [6.07, 6.45) is 5.41. The van der Waals surface area contributed by atoms with Gasteiger partial charge in [-0.1, -0.05) is 6.42 Å². The minimum Gasteiger partial charge on any atom is -0.357 e. The van der Waals surface area contributed by atoms with Crippen molar-refractivity contribution in [3.63, 3.8) is 0 Å². The number of rotatable bonds is 3.